The van der Waals surface area contributed by atoms with E-state index in [1.807, 2.05) is 18.2 Å². The van der Waals surface area contributed by atoms with Crippen molar-refractivity contribution in [3.63, 3.8) is 0 Å². The third-order valence-corrected chi connectivity index (χ3v) is 5.03. The lowest BCUT2D eigenvalue weighted by Gasteiger charge is -2.21. The normalized spacial score (nSPS) is 15.8. The molecule has 0 unspecified atom stereocenters. The van der Waals surface area contributed by atoms with E-state index in [1.54, 1.807) is 4.90 Å². The number of amides is 3. The molecule has 3 N–H and O–H groups in total. The molecule has 0 aliphatic carbocycles. The zero-order chi connectivity index (χ0) is 19.3. The fourth-order valence-electron chi connectivity index (χ4n) is 3.53. The van der Waals surface area contributed by atoms with E-state index < -0.39 is 0 Å². The van der Waals surface area contributed by atoms with E-state index >= 15 is 0 Å². The number of carbonyl (C=O) groups excluding carboxylic acids is 2. The van der Waals surface area contributed by atoms with Crippen molar-refractivity contribution in [1.29, 1.82) is 0 Å². The minimum atomic E-state index is -0.147. The fourth-order valence-corrected chi connectivity index (χ4v) is 3.53. The first kappa shape index (κ1) is 18.2. The molecule has 0 saturated carbocycles. The number of nitrogens with zero attached hydrogens (tertiary/aromatic N) is 3. The Morgan fingerprint density at radius 1 is 1.04 bits per heavy atom. The lowest BCUT2D eigenvalue weighted by atomic mass is 10.1. The van der Waals surface area contributed by atoms with Gasteiger partial charge in [-0.1, -0.05) is 30.3 Å². The Kier molecular flexibility index (Phi) is 5.36. The molecule has 3 amide bonds. The van der Waals surface area contributed by atoms with Crippen molar-refractivity contribution in [2.45, 2.75) is 19.3 Å². The summed E-state index contributed by atoms with van der Waals surface area (Å²) in [6.45, 7) is 3.16. The zero-order valence-electron chi connectivity index (χ0n) is 15.7. The number of hydrogen-bond donors (Lipinski definition) is 3. The number of benzene rings is 1. The standard InChI is InChI=1S/C20H24N6O2/c27-19-17-15(8-9-22-19)18(21-10-12-26-13-11-23-20(26)28)25-16(24-17)7-6-14-4-2-1-3-5-14/h1-5H,6-13H2,(H,22,27)(H,23,28)(H,21,24,25). The van der Waals surface area contributed by atoms with Crippen molar-refractivity contribution in [3.05, 3.63) is 53.0 Å². The molecule has 0 bridgehead atoms. The van der Waals surface area contributed by atoms with Crippen LogP contribution in [0.15, 0.2) is 30.3 Å². The molecule has 1 fully saturated rings. The molecule has 2 aromatic rings. The summed E-state index contributed by atoms with van der Waals surface area (Å²) in [5, 5.41) is 8.98. The smallest absolute Gasteiger partial charge is 0.317 e. The van der Waals surface area contributed by atoms with Crippen molar-refractivity contribution in [2.75, 3.05) is 38.0 Å². The second-order valence-corrected chi connectivity index (χ2v) is 6.95. The summed E-state index contributed by atoms with van der Waals surface area (Å²) in [6.07, 6.45) is 2.18. The first-order valence-corrected chi connectivity index (χ1v) is 9.69. The van der Waals surface area contributed by atoms with Crippen LogP contribution in [-0.2, 0) is 19.3 Å². The molecule has 3 heterocycles. The number of carbonyl (C=O) groups is 2. The lowest BCUT2D eigenvalue weighted by molar-refractivity contribution is 0.0940. The summed E-state index contributed by atoms with van der Waals surface area (Å²) >= 11 is 0. The van der Waals surface area contributed by atoms with E-state index in [-0.39, 0.29) is 11.9 Å². The van der Waals surface area contributed by atoms with Crippen molar-refractivity contribution in [2.24, 2.45) is 0 Å². The van der Waals surface area contributed by atoms with Gasteiger partial charge in [-0.2, -0.15) is 0 Å². The molecule has 2 aliphatic rings. The predicted octanol–water partition coefficient (Wildman–Crippen LogP) is 0.985. The molecule has 0 spiro atoms. The van der Waals surface area contributed by atoms with E-state index in [0.29, 0.717) is 62.9 Å². The minimum Gasteiger partial charge on any atom is -0.368 e. The summed E-state index contributed by atoms with van der Waals surface area (Å²) in [5.41, 5.74) is 2.53. The molecule has 1 saturated heterocycles. The Morgan fingerprint density at radius 2 is 1.89 bits per heavy atom. The molecule has 4 rings (SSSR count). The van der Waals surface area contributed by atoms with Crippen LogP contribution in [0.5, 0.6) is 0 Å². The highest BCUT2D eigenvalue weighted by molar-refractivity contribution is 5.96. The fraction of sp³-hybridized carbons (Fsp3) is 0.400. The molecule has 2 aliphatic heterocycles. The molecule has 1 aromatic carbocycles. The van der Waals surface area contributed by atoms with Crippen LogP contribution < -0.4 is 16.0 Å². The first-order chi connectivity index (χ1) is 13.7. The van der Waals surface area contributed by atoms with Gasteiger partial charge in [-0.15, -0.1) is 0 Å². The van der Waals surface area contributed by atoms with Crippen LogP contribution in [0.4, 0.5) is 10.6 Å². The summed E-state index contributed by atoms with van der Waals surface area (Å²) in [5.74, 6) is 1.22. The number of aryl methyl sites for hydroxylation is 2. The van der Waals surface area contributed by atoms with Gasteiger partial charge >= 0.3 is 6.03 Å². The van der Waals surface area contributed by atoms with Gasteiger partial charge in [0, 0.05) is 44.7 Å². The van der Waals surface area contributed by atoms with E-state index in [2.05, 4.69) is 33.1 Å². The van der Waals surface area contributed by atoms with Crippen LogP contribution in [0.2, 0.25) is 0 Å². The maximum atomic E-state index is 12.3. The number of anilines is 1. The van der Waals surface area contributed by atoms with Gasteiger partial charge in [-0.05, 0) is 18.4 Å². The van der Waals surface area contributed by atoms with E-state index in [9.17, 15) is 9.59 Å². The first-order valence-electron chi connectivity index (χ1n) is 9.69. The SMILES string of the molecule is O=C1NCCc2c(NCCN3CCNC3=O)nc(CCc3ccccc3)nc21. The number of urea groups is 1. The highest BCUT2D eigenvalue weighted by atomic mass is 16.2. The van der Waals surface area contributed by atoms with Gasteiger partial charge in [0.1, 0.15) is 17.3 Å². The van der Waals surface area contributed by atoms with Crippen molar-refractivity contribution < 1.29 is 9.59 Å². The minimum absolute atomic E-state index is 0.0329. The average Bonchev–Trinajstić information content (AvgIpc) is 3.13. The van der Waals surface area contributed by atoms with Crippen LogP contribution in [0, 0.1) is 0 Å². The van der Waals surface area contributed by atoms with Gasteiger partial charge in [0.15, 0.2) is 0 Å². The Bertz CT molecular complexity index is 870. The molecular formula is C20H24N6O2. The summed E-state index contributed by atoms with van der Waals surface area (Å²) < 4.78 is 0. The van der Waals surface area contributed by atoms with E-state index in [0.717, 1.165) is 12.0 Å². The van der Waals surface area contributed by atoms with E-state index in [1.165, 1.54) is 5.56 Å². The van der Waals surface area contributed by atoms with Gasteiger partial charge in [0.25, 0.3) is 5.91 Å². The van der Waals surface area contributed by atoms with Crippen molar-refractivity contribution in [1.82, 2.24) is 25.5 Å². The molecule has 0 atom stereocenters. The third-order valence-electron chi connectivity index (χ3n) is 5.03. The second-order valence-electron chi connectivity index (χ2n) is 6.95. The lowest BCUT2D eigenvalue weighted by Crippen LogP contribution is -2.35. The number of hydrogen-bond acceptors (Lipinski definition) is 5. The summed E-state index contributed by atoms with van der Waals surface area (Å²) in [4.78, 5) is 35.0. The third kappa shape index (κ3) is 4.05. The van der Waals surface area contributed by atoms with Gasteiger partial charge in [0.05, 0.1) is 0 Å². The topological polar surface area (TPSA) is 99.2 Å². The average molecular weight is 380 g/mol. The highest BCUT2D eigenvalue weighted by Gasteiger charge is 2.24. The van der Waals surface area contributed by atoms with Gasteiger partial charge in [0.2, 0.25) is 0 Å². The Hall–Kier alpha value is -3.16. The van der Waals surface area contributed by atoms with Gasteiger partial charge < -0.3 is 20.9 Å². The van der Waals surface area contributed by atoms with E-state index in [4.69, 9.17) is 4.98 Å². The predicted molar refractivity (Wildman–Crippen MR) is 105 cm³/mol. The molecule has 0 radical (unpaired) electrons. The molecule has 146 valence electrons. The number of nitrogens with one attached hydrogen (secondary N) is 3. The Labute approximate surface area is 163 Å². The molecule has 8 nitrogen and oxygen atoms in total. The molecule has 8 heteroatoms. The van der Waals surface area contributed by atoms with Gasteiger partial charge in [-0.25, -0.2) is 14.8 Å². The van der Waals surface area contributed by atoms with Crippen LogP contribution in [0.3, 0.4) is 0 Å². The highest BCUT2D eigenvalue weighted by Crippen LogP contribution is 2.21. The van der Waals surface area contributed by atoms with Gasteiger partial charge in [-0.3, -0.25) is 4.79 Å². The quantitative estimate of drug-likeness (QED) is 0.665. The van der Waals surface area contributed by atoms with Crippen molar-refractivity contribution in [3.8, 4) is 0 Å². The molecule has 28 heavy (non-hydrogen) atoms. The monoisotopic (exact) mass is 380 g/mol. The molecule has 1 aromatic heterocycles. The number of rotatable bonds is 7. The maximum Gasteiger partial charge on any atom is 0.317 e. The number of aromatic nitrogens is 2. The summed E-state index contributed by atoms with van der Waals surface area (Å²) in [7, 11) is 0. The second kappa shape index (κ2) is 8.24. The Morgan fingerprint density at radius 3 is 2.68 bits per heavy atom. The Balaban J connectivity index is 1.49. The zero-order valence-corrected chi connectivity index (χ0v) is 15.7. The van der Waals surface area contributed by atoms with Crippen LogP contribution in [-0.4, -0.2) is 59.5 Å². The summed E-state index contributed by atoms with van der Waals surface area (Å²) in [6, 6.07) is 10.1. The van der Waals surface area contributed by atoms with Crippen LogP contribution in [0.25, 0.3) is 0 Å². The van der Waals surface area contributed by atoms with Crippen molar-refractivity contribution >= 4 is 17.8 Å². The maximum absolute atomic E-state index is 12.3. The van der Waals surface area contributed by atoms with Crippen LogP contribution in [0.1, 0.15) is 27.4 Å². The van der Waals surface area contributed by atoms with Crippen LogP contribution >= 0.6 is 0 Å². The molecular weight excluding hydrogens is 356 g/mol. The largest absolute Gasteiger partial charge is 0.368 e. The number of fused-ring (bicyclic) bond motifs is 1.